The van der Waals surface area contributed by atoms with E-state index in [1.54, 1.807) is 24.5 Å². The molecule has 0 aromatic carbocycles. The van der Waals surface area contributed by atoms with Crippen LogP contribution in [0.2, 0.25) is 0 Å². The van der Waals surface area contributed by atoms with E-state index in [0.717, 1.165) is 5.69 Å². The van der Waals surface area contributed by atoms with E-state index in [-0.39, 0.29) is 24.1 Å². The molecule has 1 amide bonds. The molecule has 0 unspecified atom stereocenters. The highest BCUT2D eigenvalue weighted by molar-refractivity contribution is 5.93. The second kappa shape index (κ2) is 6.22. The van der Waals surface area contributed by atoms with E-state index in [1.165, 1.54) is 12.3 Å². The molecule has 23 heavy (non-hydrogen) atoms. The van der Waals surface area contributed by atoms with Gasteiger partial charge in [0, 0.05) is 6.20 Å². The second-order valence-corrected chi connectivity index (χ2v) is 4.81. The molecule has 0 aliphatic rings. The zero-order valence-electron chi connectivity index (χ0n) is 12.4. The van der Waals surface area contributed by atoms with Crippen molar-refractivity contribution in [2.75, 3.05) is 5.73 Å². The number of nitrogens with zero attached hydrogens (tertiary/aromatic N) is 4. The van der Waals surface area contributed by atoms with Crippen LogP contribution in [-0.4, -0.2) is 25.8 Å². The highest BCUT2D eigenvalue weighted by Gasteiger charge is 2.13. The van der Waals surface area contributed by atoms with E-state index in [9.17, 15) is 4.79 Å². The van der Waals surface area contributed by atoms with Crippen molar-refractivity contribution < 1.29 is 9.21 Å². The fourth-order valence-electron chi connectivity index (χ4n) is 1.90. The van der Waals surface area contributed by atoms with Crippen LogP contribution < -0.4 is 11.1 Å². The molecule has 0 atom stereocenters. The van der Waals surface area contributed by atoms with Gasteiger partial charge in [-0.15, -0.1) is 0 Å². The van der Waals surface area contributed by atoms with Crippen LogP contribution in [0, 0.1) is 6.92 Å². The Labute approximate surface area is 131 Å². The molecule has 116 valence electrons. The molecule has 0 aliphatic carbocycles. The minimum atomic E-state index is -0.380. The lowest BCUT2D eigenvalue weighted by Gasteiger charge is -2.06. The molecule has 0 bridgehead atoms. The van der Waals surface area contributed by atoms with Crippen molar-refractivity contribution in [3.8, 4) is 11.5 Å². The predicted octanol–water partition coefficient (Wildman–Crippen LogP) is 1.35. The molecule has 8 nitrogen and oxygen atoms in total. The molecule has 0 radical (unpaired) electrons. The Hall–Kier alpha value is -3.29. The molecular weight excluding hydrogens is 296 g/mol. The number of anilines is 1. The van der Waals surface area contributed by atoms with Crippen molar-refractivity contribution in [1.29, 1.82) is 0 Å². The number of aromatic nitrogens is 4. The summed E-state index contributed by atoms with van der Waals surface area (Å²) >= 11 is 0. The van der Waals surface area contributed by atoms with Crippen LogP contribution in [0.1, 0.15) is 21.9 Å². The van der Waals surface area contributed by atoms with Crippen LogP contribution in [-0.2, 0) is 6.54 Å². The van der Waals surface area contributed by atoms with Crippen LogP contribution in [0.3, 0.4) is 0 Å². The monoisotopic (exact) mass is 310 g/mol. The van der Waals surface area contributed by atoms with Crippen LogP contribution in [0.15, 0.2) is 41.3 Å². The summed E-state index contributed by atoms with van der Waals surface area (Å²) in [6, 6.07) is 4.97. The van der Waals surface area contributed by atoms with Gasteiger partial charge in [0.05, 0.1) is 30.4 Å². The number of carbonyl (C=O) groups excluding carboxylic acids is 1. The third-order valence-corrected chi connectivity index (χ3v) is 3.01. The molecule has 3 aromatic rings. The third-order valence-electron chi connectivity index (χ3n) is 3.01. The van der Waals surface area contributed by atoms with Gasteiger partial charge in [-0.2, -0.15) is 0 Å². The number of rotatable bonds is 4. The van der Waals surface area contributed by atoms with Crippen LogP contribution in [0.25, 0.3) is 11.5 Å². The summed E-state index contributed by atoms with van der Waals surface area (Å²) < 4.78 is 5.25. The highest BCUT2D eigenvalue weighted by atomic mass is 16.3. The van der Waals surface area contributed by atoms with E-state index in [2.05, 4.69) is 25.3 Å². The number of furan rings is 1. The Balaban J connectivity index is 1.75. The zero-order valence-corrected chi connectivity index (χ0v) is 12.4. The Morgan fingerprint density at radius 2 is 2.17 bits per heavy atom. The SMILES string of the molecule is Cc1cnc(CNC(=O)c2cc(-c3ccco3)nc(N)n2)cn1. The number of nitrogens with one attached hydrogen (secondary N) is 1. The lowest BCUT2D eigenvalue weighted by molar-refractivity contribution is 0.0945. The molecule has 0 aliphatic heterocycles. The average Bonchev–Trinajstić information content (AvgIpc) is 3.08. The van der Waals surface area contributed by atoms with Crippen molar-refractivity contribution >= 4 is 11.9 Å². The Morgan fingerprint density at radius 3 is 2.87 bits per heavy atom. The molecule has 3 aromatic heterocycles. The molecule has 0 saturated heterocycles. The Kier molecular flexibility index (Phi) is 3.96. The number of hydrogen-bond donors (Lipinski definition) is 2. The maximum atomic E-state index is 12.2. The van der Waals surface area contributed by atoms with Gasteiger partial charge in [0.2, 0.25) is 5.95 Å². The Bertz CT molecular complexity index is 814. The van der Waals surface area contributed by atoms with Crippen molar-refractivity contribution in [2.45, 2.75) is 13.5 Å². The zero-order chi connectivity index (χ0) is 16.2. The average molecular weight is 310 g/mol. The van der Waals surface area contributed by atoms with Gasteiger partial charge in [0.25, 0.3) is 5.91 Å². The quantitative estimate of drug-likeness (QED) is 0.746. The number of amides is 1. The van der Waals surface area contributed by atoms with Gasteiger partial charge < -0.3 is 15.5 Å². The lowest BCUT2D eigenvalue weighted by atomic mass is 10.2. The van der Waals surface area contributed by atoms with Gasteiger partial charge in [0.15, 0.2) is 5.76 Å². The van der Waals surface area contributed by atoms with Gasteiger partial charge >= 0.3 is 0 Å². The summed E-state index contributed by atoms with van der Waals surface area (Å²) in [6.07, 6.45) is 4.76. The van der Waals surface area contributed by atoms with Gasteiger partial charge in [-0.05, 0) is 25.1 Å². The van der Waals surface area contributed by atoms with Gasteiger partial charge in [-0.25, -0.2) is 9.97 Å². The van der Waals surface area contributed by atoms with Crippen molar-refractivity contribution in [3.05, 3.63) is 53.9 Å². The van der Waals surface area contributed by atoms with E-state index in [0.29, 0.717) is 17.1 Å². The molecule has 3 rings (SSSR count). The highest BCUT2D eigenvalue weighted by Crippen LogP contribution is 2.18. The normalized spacial score (nSPS) is 10.5. The first kappa shape index (κ1) is 14.6. The standard InChI is InChI=1S/C15H14N6O2/c1-9-6-18-10(7-17-9)8-19-14(22)12-5-11(20-15(16)21-12)13-3-2-4-23-13/h2-7H,8H2,1H3,(H,19,22)(H2,16,20,21). The summed E-state index contributed by atoms with van der Waals surface area (Å²) in [4.78, 5) is 28.5. The van der Waals surface area contributed by atoms with Crippen molar-refractivity contribution in [3.63, 3.8) is 0 Å². The number of hydrogen-bond acceptors (Lipinski definition) is 7. The number of nitrogens with two attached hydrogens (primary N) is 1. The molecule has 0 spiro atoms. The van der Waals surface area contributed by atoms with Crippen molar-refractivity contribution in [2.24, 2.45) is 0 Å². The fraction of sp³-hybridized carbons (Fsp3) is 0.133. The molecule has 0 fully saturated rings. The van der Waals surface area contributed by atoms with Crippen LogP contribution in [0.4, 0.5) is 5.95 Å². The predicted molar refractivity (Wildman–Crippen MR) is 82.1 cm³/mol. The third kappa shape index (κ3) is 3.49. The first-order valence-corrected chi connectivity index (χ1v) is 6.86. The van der Waals surface area contributed by atoms with Gasteiger partial charge in [-0.1, -0.05) is 0 Å². The summed E-state index contributed by atoms with van der Waals surface area (Å²) in [5.74, 6) is 0.131. The second-order valence-electron chi connectivity index (χ2n) is 4.81. The minimum Gasteiger partial charge on any atom is -0.463 e. The van der Waals surface area contributed by atoms with E-state index >= 15 is 0 Å². The number of nitrogen functional groups attached to an aromatic ring is 1. The summed E-state index contributed by atoms with van der Waals surface area (Å²) in [6.45, 7) is 2.08. The van der Waals surface area contributed by atoms with Crippen molar-refractivity contribution in [1.82, 2.24) is 25.3 Å². The first-order valence-electron chi connectivity index (χ1n) is 6.86. The fourth-order valence-corrected chi connectivity index (χ4v) is 1.90. The van der Waals surface area contributed by atoms with Gasteiger partial charge in [0.1, 0.15) is 11.4 Å². The molecule has 3 N–H and O–H groups in total. The van der Waals surface area contributed by atoms with Gasteiger partial charge in [-0.3, -0.25) is 14.8 Å². The summed E-state index contributed by atoms with van der Waals surface area (Å²) in [7, 11) is 0. The molecule has 3 heterocycles. The minimum absolute atomic E-state index is 0.000762. The number of carbonyl (C=O) groups is 1. The largest absolute Gasteiger partial charge is 0.463 e. The lowest BCUT2D eigenvalue weighted by Crippen LogP contribution is -2.25. The maximum absolute atomic E-state index is 12.2. The summed E-state index contributed by atoms with van der Waals surface area (Å²) in [5.41, 5.74) is 7.73. The number of aryl methyl sites for hydroxylation is 1. The smallest absolute Gasteiger partial charge is 0.270 e. The molecular formula is C15H14N6O2. The molecule has 0 saturated carbocycles. The van der Waals surface area contributed by atoms with E-state index < -0.39 is 0 Å². The van der Waals surface area contributed by atoms with Crippen LogP contribution in [0.5, 0.6) is 0 Å². The molecule has 8 heteroatoms. The van der Waals surface area contributed by atoms with E-state index in [4.69, 9.17) is 10.2 Å². The van der Waals surface area contributed by atoms with E-state index in [1.807, 2.05) is 6.92 Å². The topological polar surface area (TPSA) is 120 Å². The van der Waals surface area contributed by atoms with Crippen LogP contribution >= 0.6 is 0 Å². The summed E-state index contributed by atoms with van der Waals surface area (Å²) in [5, 5.41) is 2.72. The first-order chi connectivity index (χ1) is 11.1. The Morgan fingerprint density at radius 1 is 1.30 bits per heavy atom. The maximum Gasteiger partial charge on any atom is 0.270 e.